The number of carboxylic acid groups (broad SMARTS) is 1. The van der Waals surface area contributed by atoms with E-state index < -0.39 is 11.9 Å². The van der Waals surface area contributed by atoms with E-state index in [1.54, 1.807) is 30.3 Å². The Kier molecular flexibility index (Phi) is 4.81. The maximum atomic E-state index is 11.7. The Hall–Kier alpha value is -2.78. The highest BCUT2D eigenvalue weighted by atomic mass is 32.2. The number of hydrogen-bond donors (Lipinski definition) is 1. The number of methoxy groups -OCH3 is 1. The van der Waals surface area contributed by atoms with Crippen LogP contribution >= 0.6 is 11.8 Å². The Morgan fingerprint density at radius 3 is 2.32 bits per heavy atom. The van der Waals surface area contributed by atoms with Gasteiger partial charge < -0.3 is 9.84 Å². The van der Waals surface area contributed by atoms with Crippen molar-refractivity contribution in [3.8, 4) is 6.07 Å². The summed E-state index contributed by atoms with van der Waals surface area (Å²) in [4.78, 5) is 24.1. The number of hydrogen-bond acceptors (Lipinski definition) is 5. The van der Waals surface area contributed by atoms with Gasteiger partial charge in [0.2, 0.25) is 0 Å². The molecule has 22 heavy (non-hydrogen) atoms. The smallest absolute Gasteiger partial charge is 0.339 e. The van der Waals surface area contributed by atoms with Crippen molar-refractivity contribution >= 4 is 23.7 Å². The van der Waals surface area contributed by atoms with Crippen molar-refractivity contribution < 1.29 is 19.4 Å². The van der Waals surface area contributed by atoms with Crippen molar-refractivity contribution in [2.45, 2.75) is 9.79 Å². The molecule has 2 rings (SSSR count). The Morgan fingerprint density at radius 1 is 1.14 bits per heavy atom. The first-order valence-electron chi connectivity index (χ1n) is 6.19. The summed E-state index contributed by atoms with van der Waals surface area (Å²) in [6.07, 6.45) is 0. The standard InChI is InChI=1S/C16H11NO4S/c1-21-16(20)14-8-13(7-4-11(14)9-17)22-12-5-2-10(3-6-12)15(18)19/h2-8H,1H3,(H,18,19). The van der Waals surface area contributed by atoms with Gasteiger partial charge in [-0.05, 0) is 42.5 Å². The second-order valence-corrected chi connectivity index (χ2v) is 5.39. The molecule has 6 heteroatoms. The summed E-state index contributed by atoms with van der Waals surface area (Å²) < 4.78 is 4.66. The van der Waals surface area contributed by atoms with Gasteiger partial charge in [0.15, 0.2) is 0 Å². The lowest BCUT2D eigenvalue weighted by Gasteiger charge is -2.06. The first kappa shape index (κ1) is 15.6. The number of carbonyl (C=O) groups is 2. The second kappa shape index (κ2) is 6.78. The number of ether oxygens (including phenoxy) is 1. The molecule has 0 heterocycles. The van der Waals surface area contributed by atoms with Gasteiger partial charge in [0.1, 0.15) is 6.07 Å². The quantitative estimate of drug-likeness (QED) is 0.872. The van der Waals surface area contributed by atoms with E-state index in [1.807, 2.05) is 6.07 Å². The lowest BCUT2D eigenvalue weighted by molar-refractivity contribution is 0.0599. The highest BCUT2D eigenvalue weighted by Gasteiger charge is 2.13. The third kappa shape index (κ3) is 3.45. The summed E-state index contributed by atoms with van der Waals surface area (Å²) >= 11 is 1.36. The van der Waals surface area contributed by atoms with Gasteiger partial charge in [-0.15, -0.1) is 0 Å². The zero-order valence-electron chi connectivity index (χ0n) is 11.6. The fraction of sp³-hybridized carbons (Fsp3) is 0.0625. The molecule has 0 aliphatic carbocycles. The van der Waals surface area contributed by atoms with Crippen molar-refractivity contribution in [2.24, 2.45) is 0 Å². The number of rotatable bonds is 4. The minimum atomic E-state index is -0.983. The van der Waals surface area contributed by atoms with Crippen molar-refractivity contribution in [3.63, 3.8) is 0 Å². The normalized spacial score (nSPS) is 9.82. The van der Waals surface area contributed by atoms with E-state index in [4.69, 9.17) is 10.4 Å². The minimum absolute atomic E-state index is 0.206. The monoisotopic (exact) mass is 313 g/mol. The molecule has 0 aliphatic heterocycles. The van der Waals surface area contributed by atoms with Gasteiger partial charge in [0.05, 0.1) is 23.8 Å². The highest BCUT2D eigenvalue weighted by molar-refractivity contribution is 7.99. The molecule has 0 radical (unpaired) electrons. The molecule has 0 aromatic heterocycles. The molecule has 0 saturated carbocycles. The largest absolute Gasteiger partial charge is 0.478 e. The van der Waals surface area contributed by atoms with E-state index in [9.17, 15) is 9.59 Å². The lowest BCUT2D eigenvalue weighted by Crippen LogP contribution is -2.04. The molecule has 0 bridgehead atoms. The van der Waals surface area contributed by atoms with Gasteiger partial charge in [-0.2, -0.15) is 5.26 Å². The van der Waals surface area contributed by atoms with Crippen LogP contribution in [0, 0.1) is 11.3 Å². The van der Waals surface area contributed by atoms with Crippen LogP contribution in [0.1, 0.15) is 26.3 Å². The fourth-order valence-electron chi connectivity index (χ4n) is 1.76. The van der Waals surface area contributed by atoms with Gasteiger partial charge in [0, 0.05) is 9.79 Å². The molecule has 0 aliphatic rings. The number of benzene rings is 2. The summed E-state index contributed by atoms with van der Waals surface area (Å²) in [7, 11) is 1.26. The predicted molar refractivity (Wildman–Crippen MR) is 80.0 cm³/mol. The zero-order chi connectivity index (χ0) is 16.1. The highest BCUT2D eigenvalue weighted by Crippen LogP contribution is 2.29. The van der Waals surface area contributed by atoms with E-state index in [1.165, 1.54) is 31.0 Å². The van der Waals surface area contributed by atoms with E-state index in [2.05, 4.69) is 4.74 Å². The first-order chi connectivity index (χ1) is 10.5. The van der Waals surface area contributed by atoms with Crippen LogP contribution in [0.25, 0.3) is 0 Å². The molecular formula is C16H11NO4S. The van der Waals surface area contributed by atoms with Gasteiger partial charge in [-0.3, -0.25) is 0 Å². The van der Waals surface area contributed by atoms with Crippen molar-refractivity contribution in [3.05, 3.63) is 59.2 Å². The predicted octanol–water partition coefficient (Wildman–Crippen LogP) is 3.19. The molecular weight excluding hydrogens is 302 g/mol. The molecule has 110 valence electrons. The summed E-state index contributed by atoms with van der Waals surface area (Å²) in [5.74, 6) is -1.55. The molecule has 0 spiro atoms. The third-order valence-corrected chi connectivity index (χ3v) is 3.85. The van der Waals surface area contributed by atoms with Crippen LogP contribution in [-0.2, 0) is 4.74 Å². The summed E-state index contributed by atoms with van der Waals surface area (Å²) in [6.45, 7) is 0. The summed E-state index contributed by atoms with van der Waals surface area (Å²) in [5, 5.41) is 17.9. The van der Waals surface area contributed by atoms with E-state index in [-0.39, 0.29) is 16.7 Å². The van der Waals surface area contributed by atoms with E-state index in [0.717, 1.165) is 9.79 Å². The van der Waals surface area contributed by atoms with Crippen LogP contribution < -0.4 is 0 Å². The number of aromatic carboxylic acids is 1. The summed E-state index contributed by atoms with van der Waals surface area (Å²) in [6, 6.07) is 13.2. The van der Waals surface area contributed by atoms with Gasteiger partial charge in [0.25, 0.3) is 0 Å². The van der Waals surface area contributed by atoms with Crippen LogP contribution in [0.3, 0.4) is 0 Å². The number of nitrogens with zero attached hydrogens (tertiary/aromatic N) is 1. The van der Waals surface area contributed by atoms with Crippen molar-refractivity contribution in [1.29, 1.82) is 5.26 Å². The zero-order valence-corrected chi connectivity index (χ0v) is 12.4. The van der Waals surface area contributed by atoms with Crippen LogP contribution in [0.15, 0.2) is 52.3 Å². The number of carboxylic acids is 1. The maximum Gasteiger partial charge on any atom is 0.339 e. The van der Waals surface area contributed by atoms with Crippen LogP contribution in [-0.4, -0.2) is 24.2 Å². The van der Waals surface area contributed by atoms with Crippen molar-refractivity contribution in [2.75, 3.05) is 7.11 Å². The maximum absolute atomic E-state index is 11.7. The molecule has 2 aromatic rings. The van der Waals surface area contributed by atoms with Gasteiger partial charge in [-0.1, -0.05) is 11.8 Å². The lowest BCUT2D eigenvalue weighted by atomic mass is 10.1. The van der Waals surface area contributed by atoms with Crippen LogP contribution in [0.4, 0.5) is 0 Å². The average molecular weight is 313 g/mol. The topological polar surface area (TPSA) is 87.4 Å². The SMILES string of the molecule is COC(=O)c1cc(Sc2ccc(C(=O)O)cc2)ccc1C#N. The first-order valence-corrected chi connectivity index (χ1v) is 7.00. The Balaban J connectivity index is 2.28. The van der Waals surface area contributed by atoms with Crippen molar-refractivity contribution in [1.82, 2.24) is 0 Å². The van der Waals surface area contributed by atoms with Crippen LogP contribution in [0.2, 0.25) is 0 Å². The molecule has 2 aromatic carbocycles. The minimum Gasteiger partial charge on any atom is -0.478 e. The second-order valence-electron chi connectivity index (χ2n) is 4.24. The Bertz CT molecular complexity index is 763. The molecule has 0 atom stereocenters. The summed E-state index contributed by atoms with van der Waals surface area (Å²) in [5.41, 5.74) is 0.661. The third-order valence-electron chi connectivity index (χ3n) is 2.85. The van der Waals surface area contributed by atoms with Gasteiger partial charge in [-0.25, -0.2) is 9.59 Å². The molecule has 0 saturated heterocycles. The molecule has 0 fully saturated rings. The van der Waals surface area contributed by atoms with E-state index in [0.29, 0.717) is 0 Å². The number of esters is 1. The Morgan fingerprint density at radius 2 is 1.77 bits per heavy atom. The van der Waals surface area contributed by atoms with Crippen LogP contribution in [0.5, 0.6) is 0 Å². The molecule has 5 nitrogen and oxygen atoms in total. The molecule has 0 unspecified atom stereocenters. The molecule has 0 amide bonds. The number of nitriles is 1. The number of carbonyl (C=O) groups excluding carboxylic acids is 1. The Labute approximate surface area is 131 Å². The molecule has 1 N–H and O–H groups in total. The van der Waals surface area contributed by atoms with E-state index >= 15 is 0 Å². The van der Waals surface area contributed by atoms with Gasteiger partial charge >= 0.3 is 11.9 Å². The fourth-order valence-corrected chi connectivity index (χ4v) is 2.62. The average Bonchev–Trinajstić information content (AvgIpc) is 2.54.